The van der Waals surface area contributed by atoms with Gasteiger partial charge in [-0.1, -0.05) is 35.3 Å². The molecule has 0 bridgehead atoms. The van der Waals surface area contributed by atoms with Gasteiger partial charge in [-0.2, -0.15) is 0 Å². The molecule has 1 fully saturated rings. The number of hydrogen-bond acceptors (Lipinski definition) is 3. The Labute approximate surface area is 160 Å². The molecule has 0 aliphatic carbocycles. The molecule has 2 aromatic rings. The maximum atomic E-state index is 13.9. The van der Waals surface area contributed by atoms with Gasteiger partial charge in [0.1, 0.15) is 5.82 Å². The third kappa shape index (κ3) is 4.08. The van der Waals surface area contributed by atoms with Crippen LogP contribution in [-0.2, 0) is 9.59 Å². The first-order valence-corrected chi connectivity index (χ1v) is 8.76. The van der Waals surface area contributed by atoms with E-state index in [1.54, 1.807) is 24.3 Å². The number of amides is 2. The highest BCUT2D eigenvalue weighted by Crippen LogP contribution is 2.25. The van der Waals surface area contributed by atoms with E-state index in [0.717, 1.165) is 0 Å². The fraction of sp³-hybridized carbons (Fsp3) is 0.222. The Hall–Kier alpha value is -2.31. The summed E-state index contributed by atoms with van der Waals surface area (Å²) in [5.41, 5.74) is 0.816. The van der Waals surface area contributed by atoms with Crippen molar-refractivity contribution >= 4 is 46.4 Å². The van der Waals surface area contributed by atoms with Crippen LogP contribution in [0.1, 0.15) is 0 Å². The van der Waals surface area contributed by atoms with E-state index >= 15 is 0 Å². The Kier molecular flexibility index (Phi) is 5.64. The van der Waals surface area contributed by atoms with Crippen LogP contribution in [0.2, 0.25) is 10.0 Å². The third-order valence-corrected chi connectivity index (χ3v) is 4.68. The van der Waals surface area contributed by atoms with Gasteiger partial charge in [-0.25, -0.2) is 4.39 Å². The fourth-order valence-corrected chi connectivity index (χ4v) is 3.22. The lowest BCUT2D eigenvalue weighted by atomic mass is 10.2. The number of carbonyl (C=O) groups is 2. The van der Waals surface area contributed by atoms with Gasteiger partial charge < -0.3 is 15.1 Å². The average molecular weight is 396 g/mol. The minimum Gasteiger partial charge on any atom is -0.366 e. The van der Waals surface area contributed by atoms with Crippen LogP contribution in [0, 0.1) is 5.82 Å². The quantitative estimate of drug-likeness (QED) is 0.792. The van der Waals surface area contributed by atoms with Crippen molar-refractivity contribution in [3.8, 4) is 0 Å². The van der Waals surface area contributed by atoms with E-state index in [1.807, 2.05) is 4.90 Å². The minimum absolute atomic E-state index is 0.253. The number of piperazine rings is 1. The van der Waals surface area contributed by atoms with Gasteiger partial charge in [0.2, 0.25) is 0 Å². The first-order chi connectivity index (χ1) is 12.5. The number of carbonyl (C=O) groups excluding carboxylic acids is 2. The van der Waals surface area contributed by atoms with Crippen molar-refractivity contribution in [3.05, 3.63) is 58.3 Å². The SMILES string of the molecule is O=C(Nc1ccc(Cl)cc1Cl)C(=O)N1CCN(c2ccccc2F)CC1. The summed E-state index contributed by atoms with van der Waals surface area (Å²) in [5, 5.41) is 3.18. The summed E-state index contributed by atoms with van der Waals surface area (Å²) in [4.78, 5) is 27.8. The molecule has 8 heteroatoms. The normalized spacial score (nSPS) is 14.3. The summed E-state index contributed by atoms with van der Waals surface area (Å²) >= 11 is 11.8. The number of nitrogens with zero attached hydrogens (tertiary/aromatic N) is 2. The molecule has 0 radical (unpaired) electrons. The van der Waals surface area contributed by atoms with Crippen LogP contribution in [0.3, 0.4) is 0 Å². The van der Waals surface area contributed by atoms with E-state index in [0.29, 0.717) is 42.6 Å². The van der Waals surface area contributed by atoms with Crippen LogP contribution in [0.5, 0.6) is 0 Å². The van der Waals surface area contributed by atoms with Gasteiger partial charge in [0, 0.05) is 31.2 Å². The summed E-state index contributed by atoms with van der Waals surface area (Å²) in [6.45, 7) is 1.55. The van der Waals surface area contributed by atoms with E-state index in [2.05, 4.69) is 5.32 Å². The monoisotopic (exact) mass is 395 g/mol. The van der Waals surface area contributed by atoms with Gasteiger partial charge in [0.05, 0.1) is 16.4 Å². The van der Waals surface area contributed by atoms with E-state index in [1.165, 1.54) is 23.1 Å². The molecular formula is C18H16Cl2FN3O2. The molecule has 0 aromatic heterocycles. The zero-order valence-corrected chi connectivity index (χ0v) is 15.2. The first kappa shape index (κ1) is 18.5. The van der Waals surface area contributed by atoms with E-state index in [-0.39, 0.29) is 10.8 Å². The molecule has 2 aromatic carbocycles. The number of benzene rings is 2. The van der Waals surface area contributed by atoms with Gasteiger partial charge in [0.15, 0.2) is 0 Å². The average Bonchev–Trinajstić information content (AvgIpc) is 2.64. The van der Waals surface area contributed by atoms with Crippen LogP contribution in [0.15, 0.2) is 42.5 Å². The lowest BCUT2D eigenvalue weighted by Crippen LogP contribution is -2.51. The third-order valence-electron chi connectivity index (χ3n) is 4.13. The summed E-state index contributed by atoms with van der Waals surface area (Å²) in [6, 6.07) is 11.1. The molecular weight excluding hydrogens is 380 g/mol. The highest BCUT2D eigenvalue weighted by atomic mass is 35.5. The molecule has 1 N–H and O–H groups in total. The Morgan fingerprint density at radius 2 is 1.69 bits per heavy atom. The van der Waals surface area contributed by atoms with Crippen LogP contribution in [0.25, 0.3) is 0 Å². The predicted octanol–water partition coefficient (Wildman–Crippen LogP) is 3.42. The second kappa shape index (κ2) is 7.93. The Bertz CT molecular complexity index is 839. The van der Waals surface area contributed by atoms with E-state index in [4.69, 9.17) is 23.2 Å². The second-order valence-electron chi connectivity index (χ2n) is 5.81. The second-order valence-corrected chi connectivity index (χ2v) is 6.65. The van der Waals surface area contributed by atoms with Gasteiger partial charge in [-0.05, 0) is 30.3 Å². The zero-order chi connectivity index (χ0) is 18.7. The van der Waals surface area contributed by atoms with Gasteiger partial charge in [-0.15, -0.1) is 0 Å². The number of rotatable bonds is 2. The molecule has 0 saturated carbocycles. The minimum atomic E-state index is -0.770. The molecule has 1 saturated heterocycles. The maximum Gasteiger partial charge on any atom is 0.313 e. The molecule has 1 heterocycles. The van der Waals surface area contributed by atoms with Crippen LogP contribution >= 0.6 is 23.2 Å². The van der Waals surface area contributed by atoms with Crippen LogP contribution < -0.4 is 10.2 Å². The topological polar surface area (TPSA) is 52.7 Å². The van der Waals surface area contributed by atoms with Gasteiger partial charge >= 0.3 is 11.8 Å². The number of anilines is 2. The van der Waals surface area contributed by atoms with Crippen molar-refractivity contribution < 1.29 is 14.0 Å². The number of halogens is 3. The van der Waals surface area contributed by atoms with Crippen molar-refractivity contribution in [2.24, 2.45) is 0 Å². The molecule has 2 amide bonds. The van der Waals surface area contributed by atoms with Crippen molar-refractivity contribution in [3.63, 3.8) is 0 Å². The van der Waals surface area contributed by atoms with Crippen molar-refractivity contribution in [1.29, 1.82) is 0 Å². The lowest BCUT2D eigenvalue weighted by Gasteiger charge is -2.35. The lowest BCUT2D eigenvalue weighted by molar-refractivity contribution is -0.143. The summed E-state index contributed by atoms with van der Waals surface area (Å²) in [5.74, 6) is -1.72. The number of hydrogen-bond donors (Lipinski definition) is 1. The summed E-state index contributed by atoms with van der Waals surface area (Å²) in [7, 11) is 0. The van der Waals surface area contributed by atoms with E-state index < -0.39 is 11.8 Å². The number of para-hydroxylation sites is 1. The molecule has 1 aliphatic heterocycles. The maximum absolute atomic E-state index is 13.9. The Morgan fingerprint density at radius 3 is 2.35 bits per heavy atom. The van der Waals surface area contributed by atoms with E-state index in [9.17, 15) is 14.0 Å². The molecule has 26 heavy (non-hydrogen) atoms. The molecule has 3 rings (SSSR count). The Morgan fingerprint density at radius 1 is 1.00 bits per heavy atom. The molecule has 0 atom stereocenters. The predicted molar refractivity (Wildman–Crippen MR) is 100 cm³/mol. The largest absolute Gasteiger partial charge is 0.366 e. The summed E-state index contributed by atoms with van der Waals surface area (Å²) < 4.78 is 13.9. The van der Waals surface area contributed by atoms with Crippen LogP contribution in [0.4, 0.5) is 15.8 Å². The summed E-state index contributed by atoms with van der Waals surface area (Å²) in [6.07, 6.45) is 0. The Balaban J connectivity index is 1.59. The highest BCUT2D eigenvalue weighted by molar-refractivity contribution is 6.42. The van der Waals surface area contributed by atoms with Crippen LogP contribution in [-0.4, -0.2) is 42.9 Å². The smallest absolute Gasteiger partial charge is 0.313 e. The standard InChI is InChI=1S/C18H16Cl2FN3O2/c19-12-5-6-15(13(20)11-12)22-17(25)18(26)24-9-7-23(8-10-24)16-4-2-1-3-14(16)21/h1-6,11H,7-10H2,(H,22,25). The molecule has 1 aliphatic rings. The molecule has 5 nitrogen and oxygen atoms in total. The molecule has 0 spiro atoms. The van der Waals surface area contributed by atoms with Crippen molar-refractivity contribution in [2.75, 3.05) is 36.4 Å². The van der Waals surface area contributed by atoms with Crippen molar-refractivity contribution in [1.82, 2.24) is 4.90 Å². The van der Waals surface area contributed by atoms with Crippen molar-refractivity contribution in [2.45, 2.75) is 0 Å². The highest BCUT2D eigenvalue weighted by Gasteiger charge is 2.27. The zero-order valence-electron chi connectivity index (χ0n) is 13.7. The fourth-order valence-electron chi connectivity index (χ4n) is 2.77. The number of nitrogens with one attached hydrogen (secondary N) is 1. The van der Waals surface area contributed by atoms with Gasteiger partial charge in [0.25, 0.3) is 0 Å². The van der Waals surface area contributed by atoms with Gasteiger partial charge in [-0.3, -0.25) is 9.59 Å². The molecule has 0 unspecified atom stereocenters. The molecule has 136 valence electrons. The first-order valence-electron chi connectivity index (χ1n) is 8.00.